The normalized spacial score (nSPS) is 13.9. The first kappa shape index (κ1) is 12.7. The molecular weight excluding hydrogens is 250 g/mol. The highest BCUT2D eigenvalue weighted by molar-refractivity contribution is 5.79. The highest BCUT2D eigenvalue weighted by atomic mass is 16.3. The first-order valence-electron chi connectivity index (χ1n) is 6.85. The Morgan fingerprint density at radius 2 is 1.90 bits per heavy atom. The van der Waals surface area contributed by atoms with Crippen LogP contribution in [0.3, 0.4) is 0 Å². The smallest absolute Gasteiger partial charge is 0.227 e. The van der Waals surface area contributed by atoms with Gasteiger partial charge in [-0.1, -0.05) is 36.4 Å². The van der Waals surface area contributed by atoms with E-state index in [1.807, 2.05) is 41.3 Å². The predicted octanol–water partition coefficient (Wildman–Crippen LogP) is 2.52. The molecule has 102 valence electrons. The van der Waals surface area contributed by atoms with Crippen molar-refractivity contribution in [2.45, 2.75) is 19.4 Å². The molecule has 1 amide bonds. The van der Waals surface area contributed by atoms with Crippen molar-refractivity contribution < 1.29 is 9.90 Å². The van der Waals surface area contributed by atoms with Crippen LogP contribution >= 0.6 is 0 Å². The average molecular weight is 267 g/mol. The molecule has 3 heteroatoms. The van der Waals surface area contributed by atoms with Gasteiger partial charge >= 0.3 is 0 Å². The Kier molecular flexibility index (Phi) is 3.42. The van der Waals surface area contributed by atoms with E-state index in [-0.39, 0.29) is 11.7 Å². The van der Waals surface area contributed by atoms with Crippen LogP contribution in [0.4, 0.5) is 0 Å². The minimum atomic E-state index is 0.144. The van der Waals surface area contributed by atoms with Gasteiger partial charge < -0.3 is 10.0 Å². The SMILES string of the molecule is O=C(Cc1ccccc1)N1CCc2ccc(O)cc2C1. The van der Waals surface area contributed by atoms with Gasteiger partial charge in [0.2, 0.25) is 5.91 Å². The standard InChI is InChI=1S/C17H17NO2/c19-16-7-6-14-8-9-18(12-15(14)11-16)17(20)10-13-4-2-1-3-5-13/h1-7,11,19H,8-10,12H2. The Morgan fingerprint density at radius 1 is 1.10 bits per heavy atom. The molecule has 1 heterocycles. The Morgan fingerprint density at radius 3 is 2.70 bits per heavy atom. The number of rotatable bonds is 2. The lowest BCUT2D eigenvalue weighted by atomic mass is 9.99. The van der Waals surface area contributed by atoms with Crippen LogP contribution in [0.2, 0.25) is 0 Å². The lowest BCUT2D eigenvalue weighted by Gasteiger charge is -2.29. The Bertz CT molecular complexity index is 622. The molecule has 0 unspecified atom stereocenters. The number of phenols is 1. The molecule has 2 aromatic rings. The first-order chi connectivity index (χ1) is 9.72. The predicted molar refractivity (Wildman–Crippen MR) is 77.4 cm³/mol. The molecule has 0 aromatic heterocycles. The van der Waals surface area contributed by atoms with Crippen molar-refractivity contribution in [2.75, 3.05) is 6.54 Å². The van der Waals surface area contributed by atoms with Crippen LogP contribution in [-0.2, 0) is 24.2 Å². The summed E-state index contributed by atoms with van der Waals surface area (Å²) in [6.07, 6.45) is 1.30. The fourth-order valence-corrected chi connectivity index (χ4v) is 2.64. The number of fused-ring (bicyclic) bond motifs is 1. The maximum absolute atomic E-state index is 12.3. The van der Waals surface area contributed by atoms with E-state index in [4.69, 9.17) is 0 Å². The molecule has 1 aliphatic heterocycles. The third-order valence-corrected chi connectivity index (χ3v) is 3.75. The van der Waals surface area contributed by atoms with Crippen molar-refractivity contribution in [3.8, 4) is 5.75 Å². The molecule has 0 atom stereocenters. The fourth-order valence-electron chi connectivity index (χ4n) is 2.64. The topological polar surface area (TPSA) is 40.5 Å². The fraction of sp³-hybridized carbons (Fsp3) is 0.235. The van der Waals surface area contributed by atoms with E-state index in [1.54, 1.807) is 12.1 Å². The van der Waals surface area contributed by atoms with Gasteiger partial charge in [-0.25, -0.2) is 0 Å². The number of amides is 1. The third kappa shape index (κ3) is 2.67. The van der Waals surface area contributed by atoms with Crippen molar-refractivity contribution in [1.82, 2.24) is 4.90 Å². The van der Waals surface area contributed by atoms with E-state index in [1.165, 1.54) is 5.56 Å². The van der Waals surface area contributed by atoms with E-state index < -0.39 is 0 Å². The van der Waals surface area contributed by atoms with Gasteiger partial charge in [0.1, 0.15) is 5.75 Å². The van der Waals surface area contributed by atoms with Crippen LogP contribution in [0.1, 0.15) is 16.7 Å². The van der Waals surface area contributed by atoms with Crippen molar-refractivity contribution in [1.29, 1.82) is 0 Å². The summed E-state index contributed by atoms with van der Waals surface area (Å²) in [5, 5.41) is 9.54. The van der Waals surface area contributed by atoms with Crippen LogP contribution in [0.25, 0.3) is 0 Å². The van der Waals surface area contributed by atoms with E-state index in [9.17, 15) is 9.90 Å². The molecule has 0 saturated carbocycles. The highest BCUT2D eigenvalue weighted by Gasteiger charge is 2.20. The van der Waals surface area contributed by atoms with Crippen LogP contribution in [-0.4, -0.2) is 22.5 Å². The number of aromatic hydroxyl groups is 1. The summed E-state index contributed by atoms with van der Waals surface area (Å²) in [6.45, 7) is 1.35. The second kappa shape index (κ2) is 5.37. The molecule has 0 saturated heterocycles. The van der Waals surface area contributed by atoms with Crippen molar-refractivity contribution in [2.24, 2.45) is 0 Å². The Balaban J connectivity index is 1.72. The van der Waals surface area contributed by atoms with E-state index in [0.717, 1.165) is 24.1 Å². The molecular formula is C17H17NO2. The number of benzene rings is 2. The molecule has 2 aromatic carbocycles. The van der Waals surface area contributed by atoms with Gasteiger partial charge in [-0.3, -0.25) is 4.79 Å². The van der Waals surface area contributed by atoms with Gasteiger partial charge in [0.25, 0.3) is 0 Å². The summed E-state index contributed by atoms with van der Waals surface area (Å²) in [4.78, 5) is 14.2. The zero-order valence-corrected chi connectivity index (χ0v) is 11.2. The van der Waals surface area contributed by atoms with Crippen molar-refractivity contribution >= 4 is 5.91 Å². The second-order valence-electron chi connectivity index (χ2n) is 5.18. The first-order valence-corrected chi connectivity index (χ1v) is 6.85. The number of carbonyl (C=O) groups is 1. The molecule has 20 heavy (non-hydrogen) atoms. The zero-order valence-electron chi connectivity index (χ0n) is 11.2. The maximum Gasteiger partial charge on any atom is 0.227 e. The van der Waals surface area contributed by atoms with Crippen molar-refractivity contribution in [3.63, 3.8) is 0 Å². The lowest BCUT2D eigenvalue weighted by molar-refractivity contribution is -0.131. The Hall–Kier alpha value is -2.29. The van der Waals surface area contributed by atoms with Gasteiger partial charge in [0.15, 0.2) is 0 Å². The largest absolute Gasteiger partial charge is 0.508 e. The van der Waals surface area contributed by atoms with Gasteiger partial charge in [-0.15, -0.1) is 0 Å². The van der Waals surface area contributed by atoms with Crippen molar-refractivity contribution in [3.05, 3.63) is 65.2 Å². The van der Waals surface area contributed by atoms with Gasteiger partial charge in [0.05, 0.1) is 6.42 Å². The molecule has 0 bridgehead atoms. The van der Waals surface area contributed by atoms with E-state index in [0.29, 0.717) is 13.0 Å². The van der Waals surface area contributed by atoms with Crippen LogP contribution in [0, 0.1) is 0 Å². The van der Waals surface area contributed by atoms with E-state index >= 15 is 0 Å². The minimum Gasteiger partial charge on any atom is -0.508 e. The molecule has 3 nitrogen and oxygen atoms in total. The summed E-state index contributed by atoms with van der Waals surface area (Å²) in [6, 6.07) is 15.2. The van der Waals surface area contributed by atoms with Crippen LogP contribution in [0.15, 0.2) is 48.5 Å². The summed E-state index contributed by atoms with van der Waals surface area (Å²) < 4.78 is 0. The number of hydrogen-bond donors (Lipinski definition) is 1. The zero-order chi connectivity index (χ0) is 13.9. The molecule has 0 radical (unpaired) electrons. The number of nitrogens with zero attached hydrogens (tertiary/aromatic N) is 1. The van der Waals surface area contributed by atoms with E-state index in [2.05, 4.69) is 0 Å². The molecule has 1 N–H and O–H groups in total. The third-order valence-electron chi connectivity index (χ3n) is 3.75. The summed E-state index contributed by atoms with van der Waals surface area (Å²) >= 11 is 0. The van der Waals surface area contributed by atoms with Crippen LogP contribution < -0.4 is 0 Å². The summed E-state index contributed by atoms with van der Waals surface area (Å²) in [7, 11) is 0. The number of hydrogen-bond acceptors (Lipinski definition) is 2. The number of carbonyl (C=O) groups excluding carboxylic acids is 1. The highest BCUT2D eigenvalue weighted by Crippen LogP contribution is 2.23. The molecule has 0 fully saturated rings. The average Bonchev–Trinajstić information content (AvgIpc) is 2.47. The maximum atomic E-state index is 12.3. The molecule has 3 rings (SSSR count). The molecule has 0 aliphatic carbocycles. The Labute approximate surface area is 118 Å². The second-order valence-corrected chi connectivity index (χ2v) is 5.18. The van der Waals surface area contributed by atoms with Gasteiger partial charge in [0, 0.05) is 13.1 Å². The molecule has 0 spiro atoms. The summed E-state index contributed by atoms with van der Waals surface area (Å²) in [5.74, 6) is 0.409. The minimum absolute atomic E-state index is 0.144. The van der Waals surface area contributed by atoms with Gasteiger partial charge in [-0.05, 0) is 35.2 Å². The quantitative estimate of drug-likeness (QED) is 0.908. The summed E-state index contributed by atoms with van der Waals surface area (Å²) in [5.41, 5.74) is 3.32. The monoisotopic (exact) mass is 267 g/mol. The number of phenolic OH excluding ortho intramolecular Hbond substituents is 1. The lowest BCUT2D eigenvalue weighted by Crippen LogP contribution is -2.36. The van der Waals surface area contributed by atoms with Gasteiger partial charge in [-0.2, -0.15) is 0 Å². The molecule has 1 aliphatic rings. The van der Waals surface area contributed by atoms with Crippen LogP contribution in [0.5, 0.6) is 5.75 Å².